The van der Waals surface area contributed by atoms with Crippen LogP contribution in [0.25, 0.3) is 68.1 Å². The average Bonchev–Trinajstić information content (AvgIpc) is 3.52. The molecule has 0 unspecified atom stereocenters. The zero-order chi connectivity index (χ0) is 39.2. The van der Waals surface area contributed by atoms with Crippen molar-refractivity contribution in [2.75, 3.05) is 0 Å². The number of fused-ring (bicyclic) bond motifs is 4. The van der Waals surface area contributed by atoms with E-state index in [1.54, 1.807) is 0 Å². The van der Waals surface area contributed by atoms with Gasteiger partial charge in [0.15, 0.2) is 5.82 Å². The van der Waals surface area contributed by atoms with E-state index in [1.165, 1.54) is 22.3 Å². The number of allylic oxidation sites excluding steroid dienone is 1. The van der Waals surface area contributed by atoms with Gasteiger partial charge in [0.25, 0.3) is 0 Å². The first kappa shape index (κ1) is 35.0. The molecular formula is C54H40N4. The highest BCUT2D eigenvalue weighted by Gasteiger charge is 2.35. The minimum absolute atomic E-state index is 0.124. The summed E-state index contributed by atoms with van der Waals surface area (Å²) in [5, 5.41) is 13.4. The number of nitrogens with one attached hydrogen (secondary N) is 2. The summed E-state index contributed by atoms with van der Waals surface area (Å²) in [4.78, 5) is 10.5. The molecule has 4 nitrogen and oxygen atoms in total. The van der Waals surface area contributed by atoms with Gasteiger partial charge in [-0.15, -0.1) is 0 Å². The van der Waals surface area contributed by atoms with Gasteiger partial charge in [-0.3, -0.25) is 5.41 Å². The van der Waals surface area contributed by atoms with Crippen molar-refractivity contribution in [3.63, 3.8) is 0 Å². The minimum atomic E-state index is -0.124. The van der Waals surface area contributed by atoms with E-state index in [1.807, 2.05) is 54.6 Å². The summed E-state index contributed by atoms with van der Waals surface area (Å²) in [6.45, 7) is 4.63. The standard InChI is InChI=1S/C54H40N4/c1-54(2)45-28-15-14-27-43(45)44-30-29-40(32-46(44)54)49-34-48(35-17-6-3-7-18-35)57-53(58-49)41-25-16-24-39(31-41)47-33-38-23-12-13-26-42(38)52(56-47)50(36-19-8-4-9-20-36)51(55)37-21-10-5-11-22-37/h3-34,55-56H,1-2H3/b52-50-,55-51?. The second kappa shape index (κ2) is 14.3. The van der Waals surface area contributed by atoms with Gasteiger partial charge in [0.1, 0.15) is 0 Å². The van der Waals surface area contributed by atoms with Gasteiger partial charge in [-0.05, 0) is 63.2 Å². The molecular weight excluding hydrogens is 705 g/mol. The topological polar surface area (TPSA) is 61.7 Å². The molecule has 0 saturated heterocycles. The number of rotatable bonds is 7. The maximum atomic E-state index is 9.56. The van der Waals surface area contributed by atoms with Crippen molar-refractivity contribution >= 4 is 28.8 Å². The molecule has 2 heterocycles. The number of hydrogen-bond donors (Lipinski definition) is 2. The van der Waals surface area contributed by atoms with Crippen molar-refractivity contribution in [1.82, 2.24) is 15.3 Å². The molecule has 2 N–H and O–H groups in total. The fourth-order valence-corrected chi connectivity index (χ4v) is 8.53. The highest BCUT2D eigenvalue weighted by atomic mass is 14.9. The van der Waals surface area contributed by atoms with E-state index >= 15 is 0 Å². The highest BCUT2D eigenvalue weighted by Crippen LogP contribution is 2.49. The molecule has 58 heavy (non-hydrogen) atoms. The third kappa shape index (κ3) is 6.16. The van der Waals surface area contributed by atoms with Crippen LogP contribution < -0.4 is 5.32 Å². The van der Waals surface area contributed by atoms with Crippen LogP contribution >= 0.6 is 0 Å². The maximum absolute atomic E-state index is 9.56. The zero-order valence-electron chi connectivity index (χ0n) is 32.4. The molecule has 8 aromatic rings. The molecule has 276 valence electrons. The lowest BCUT2D eigenvalue weighted by molar-refractivity contribution is 0.660. The monoisotopic (exact) mass is 744 g/mol. The van der Waals surface area contributed by atoms with Crippen LogP contribution in [0.4, 0.5) is 0 Å². The van der Waals surface area contributed by atoms with Crippen LogP contribution in [-0.2, 0) is 5.41 Å². The summed E-state index contributed by atoms with van der Waals surface area (Å²) in [7, 11) is 0. The first-order chi connectivity index (χ1) is 28.4. The molecule has 1 aliphatic heterocycles. The molecule has 1 aliphatic carbocycles. The van der Waals surface area contributed by atoms with Crippen LogP contribution in [0.2, 0.25) is 0 Å². The fraction of sp³-hybridized carbons (Fsp3) is 0.0556. The summed E-state index contributed by atoms with van der Waals surface area (Å²) < 4.78 is 0. The molecule has 0 atom stereocenters. The summed E-state index contributed by atoms with van der Waals surface area (Å²) >= 11 is 0. The van der Waals surface area contributed by atoms with Gasteiger partial charge >= 0.3 is 0 Å². The highest BCUT2D eigenvalue weighted by molar-refractivity contribution is 6.36. The number of aromatic nitrogens is 2. The molecule has 10 rings (SSSR count). The number of hydrogen-bond acceptors (Lipinski definition) is 4. The van der Waals surface area contributed by atoms with E-state index in [0.29, 0.717) is 11.5 Å². The number of benzene rings is 7. The van der Waals surface area contributed by atoms with Crippen LogP contribution in [-0.4, -0.2) is 15.7 Å². The van der Waals surface area contributed by atoms with Gasteiger partial charge in [0.05, 0.1) is 22.8 Å². The lowest BCUT2D eigenvalue weighted by Gasteiger charge is -2.26. The smallest absolute Gasteiger partial charge is 0.160 e. The maximum Gasteiger partial charge on any atom is 0.160 e. The van der Waals surface area contributed by atoms with Crippen molar-refractivity contribution in [2.45, 2.75) is 19.3 Å². The first-order valence-corrected chi connectivity index (χ1v) is 19.7. The van der Waals surface area contributed by atoms with Gasteiger partial charge in [0, 0.05) is 44.5 Å². The Bertz CT molecular complexity index is 2940. The normalized spacial score (nSPS) is 14.3. The quantitative estimate of drug-likeness (QED) is 0.160. The third-order valence-corrected chi connectivity index (χ3v) is 11.5. The Balaban J connectivity index is 1.10. The van der Waals surface area contributed by atoms with Gasteiger partial charge in [-0.25, -0.2) is 9.97 Å². The van der Waals surface area contributed by atoms with Gasteiger partial charge in [-0.1, -0.05) is 184 Å². The van der Waals surface area contributed by atoms with Crippen LogP contribution in [0.1, 0.15) is 52.8 Å². The van der Waals surface area contributed by atoms with E-state index in [0.717, 1.165) is 72.9 Å². The second-order valence-corrected chi connectivity index (χ2v) is 15.5. The molecule has 0 bridgehead atoms. The Morgan fingerprint density at radius 1 is 0.483 bits per heavy atom. The predicted octanol–water partition coefficient (Wildman–Crippen LogP) is 12.8. The van der Waals surface area contributed by atoms with Gasteiger partial charge < -0.3 is 5.32 Å². The molecule has 0 spiro atoms. The van der Waals surface area contributed by atoms with E-state index in [4.69, 9.17) is 9.97 Å². The van der Waals surface area contributed by atoms with Crippen LogP contribution in [0, 0.1) is 5.41 Å². The van der Waals surface area contributed by atoms with Crippen LogP contribution in [0.5, 0.6) is 0 Å². The third-order valence-electron chi connectivity index (χ3n) is 11.5. The Hall–Kier alpha value is -7.43. The van der Waals surface area contributed by atoms with Gasteiger partial charge in [-0.2, -0.15) is 0 Å². The Kier molecular flexibility index (Phi) is 8.61. The lowest BCUT2D eigenvalue weighted by Crippen LogP contribution is -2.20. The van der Waals surface area contributed by atoms with Gasteiger partial charge in [0.2, 0.25) is 0 Å². The molecule has 1 aromatic heterocycles. The summed E-state index contributed by atoms with van der Waals surface area (Å²) in [5.74, 6) is 0.657. The van der Waals surface area contributed by atoms with E-state index in [2.05, 4.69) is 159 Å². The largest absolute Gasteiger partial charge is 0.354 e. The molecule has 0 radical (unpaired) electrons. The Morgan fingerprint density at radius 3 is 1.83 bits per heavy atom. The van der Waals surface area contributed by atoms with Crippen molar-refractivity contribution in [2.24, 2.45) is 0 Å². The van der Waals surface area contributed by atoms with Crippen LogP contribution in [0.3, 0.4) is 0 Å². The van der Waals surface area contributed by atoms with Crippen LogP contribution in [0.15, 0.2) is 188 Å². The lowest BCUT2D eigenvalue weighted by atomic mass is 9.82. The fourth-order valence-electron chi connectivity index (χ4n) is 8.53. The summed E-state index contributed by atoms with van der Waals surface area (Å²) in [6.07, 6.45) is 2.20. The summed E-state index contributed by atoms with van der Waals surface area (Å²) in [5.41, 5.74) is 18.0. The average molecular weight is 745 g/mol. The van der Waals surface area contributed by atoms with E-state index < -0.39 is 0 Å². The van der Waals surface area contributed by atoms with Crippen molar-refractivity contribution < 1.29 is 0 Å². The van der Waals surface area contributed by atoms with E-state index in [-0.39, 0.29) is 5.41 Å². The Labute approximate surface area is 339 Å². The van der Waals surface area contributed by atoms with Crippen molar-refractivity contribution in [1.29, 1.82) is 5.41 Å². The molecule has 4 heteroatoms. The van der Waals surface area contributed by atoms with Crippen molar-refractivity contribution in [3.8, 4) is 45.0 Å². The minimum Gasteiger partial charge on any atom is -0.354 e. The first-order valence-electron chi connectivity index (χ1n) is 19.7. The molecule has 0 saturated carbocycles. The Morgan fingerprint density at radius 2 is 1.07 bits per heavy atom. The molecule has 7 aromatic carbocycles. The molecule has 0 amide bonds. The SMILES string of the molecule is CC1(C)c2ccccc2-c2ccc(-c3cc(-c4ccccc4)nc(-c4cccc(C5=Cc6ccccc6/C(=C(/C(=N)c6ccccc6)c6ccccc6)N5)c4)n3)cc21. The predicted molar refractivity (Wildman–Crippen MR) is 240 cm³/mol. The summed E-state index contributed by atoms with van der Waals surface area (Å²) in [6, 6.07) is 65.1. The van der Waals surface area contributed by atoms with E-state index in [9.17, 15) is 5.41 Å². The molecule has 2 aliphatic rings. The van der Waals surface area contributed by atoms with Crippen molar-refractivity contribution in [3.05, 3.63) is 227 Å². The molecule has 0 fully saturated rings. The number of nitrogens with zero attached hydrogens (tertiary/aromatic N) is 2. The second-order valence-electron chi connectivity index (χ2n) is 15.5. The zero-order valence-corrected chi connectivity index (χ0v) is 32.4.